The number of methoxy groups -OCH3 is 1. The second kappa shape index (κ2) is 8.56. The van der Waals surface area contributed by atoms with Crippen molar-refractivity contribution in [3.05, 3.63) is 28.2 Å². The van der Waals surface area contributed by atoms with E-state index in [1.54, 1.807) is 26.2 Å². The van der Waals surface area contributed by atoms with Crippen molar-refractivity contribution in [2.75, 3.05) is 38.3 Å². The van der Waals surface area contributed by atoms with Crippen LogP contribution in [0.4, 0.5) is 5.69 Å². The maximum Gasteiger partial charge on any atom is 0.325 e. The zero-order valence-electron chi connectivity index (χ0n) is 11.6. The molecular weight excluding hydrogens is 324 g/mol. The lowest BCUT2D eigenvalue weighted by Gasteiger charge is -2.23. The summed E-state index contributed by atoms with van der Waals surface area (Å²) in [6, 6.07) is 7.41. The molecule has 0 saturated heterocycles. The summed E-state index contributed by atoms with van der Waals surface area (Å²) in [7, 11) is 1.61. The van der Waals surface area contributed by atoms with E-state index >= 15 is 0 Å². The molecule has 0 aromatic heterocycles. The molecule has 20 heavy (non-hydrogen) atoms. The molecule has 1 rings (SSSR count). The van der Waals surface area contributed by atoms with Crippen molar-refractivity contribution in [2.45, 2.75) is 6.92 Å². The Hall–Kier alpha value is -1.58. The number of hydrogen-bond donors (Lipinski definition) is 0. The van der Waals surface area contributed by atoms with Crippen LogP contribution in [0.5, 0.6) is 0 Å². The van der Waals surface area contributed by atoms with Crippen molar-refractivity contribution >= 4 is 27.6 Å². The fourth-order valence-electron chi connectivity index (χ4n) is 1.65. The molecule has 0 N–H and O–H groups in total. The number of carbonyl (C=O) groups excluding carboxylic acids is 1. The summed E-state index contributed by atoms with van der Waals surface area (Å²) in [5, 5.41) is 8.92. The van der Waals surface area contributed by atoms with E-state index in [-0.39, 0.29) is 12.5 Å². The summed E-state index contributed by atoms with van der Waals surface area (Å²) in [5.41, 5.74) is 1.39. The van der Waals surface area contributed by atoms with Gasteiger partial charge in [0.25, 0.3) is 0 Å². The quantitative estimate of drug-likeness (QED) is 0.713. The van der Waals surface area contributed by atoms with Crippen LogP contribution in [0.3, 0.4) is 0 Å². The zero-order chi connectivity index (χ0) is 15.0. The molecule has 1 aromatic carbocycles. The van der Waals surface area contributed by atoms with Gasteiger partial charge in [-0.25, -0.2) is 0 Å². The minimum atomic E-state index is -0.288. The average molecular weight is 341 g/mol. The first kappa shape index (κ1) is 16.5. The first-order valence-corrected chi connectivity index (χ1v) is 7.00. The predicted octanol–water partition coefficient (Wildman–Crippen LogP) is 2.34. The second-order valence-electron chi connectivity index (χ2n) is 4.00. The van der Waals surface area contributed by atoms with E-state index in [1.165, 1.54) is 0 Å². The van der Waals surface area contributed by atoms with Crippen LogP contribution in [0.2, 0.25) is 0 Å². The number of nitriles is 1. The number of nitrogens with zero attached hydrogens (tertiary/aromatic N) is 2. The minimum Gasteiger partial charge on any atom is -0.465 e. The smallest absolute Gasteiger partial charge is 0.325 e. The van der Waals surface area contributed by atoms with Gasteiger partial charge >= 0.3 is 5.97 Å². The van der Waals surface area contributed by atoms with Gasteiger partial charge in [-0.1, -0.05) is 0 Å². The van der Waals surface area contributed by atoms with Gasteiger partial charge in [0.2, 0.25) is 0 Å². The lowest BCUT2D eigenvalue weighted by atomic mass is 10.2. The highest BCUT2D eigenvalue weighted by molar-refractivity contribution is 9.10. The van der Waals surface area contributed by atoms with Crippen molar-refractivity contribution in [1.29, 1.82) is 5.26 Å². The third kappa shape index (κ3) is 4.83. The molecule has 108 valence electrons. The molecule has 0 spiro atoms. The summed E-state index contributed by atoms with van der Waals surface area (Å²) in [6.07, 6.45) is 0. The van der Waals surface area contributed by atoms with Gasteiger partial charge in [-0.05, 0) is 41.1 Å². The van der Waals surface area contributed by atoms with Gasteiger partial charge in [0, 0.05) is 23.8 Å². The molecule has 5 nitrogen and oxygen atoms in total. The Morgan fingerprint density at radius 3 is 2.80 bits per heavy atom. The van der Waals surface area contributed by atoms with Crippen LogP contribution >= 0.6 is 15.9 Å². The Bertz CT molecular complexity index is 500. The Kier molecular flexibility index (Phi) is 7.05. The van der Waals surface area contributed by atoms with Crippen LogP contribution in [0, 0.1) is 11.3 Å². The molecule has 0 atom stereocenters. The standard InChI is InChI=1S/C14H17BrN2O3/c1-3-20-14(18)10-17(6-7-19-2)12-5-4-11(9-16)13(15)8-12/h4-5,8H,3,6-7,10H2,1-2H3. The summed E-state index contributed by atoms with van der Waals surface area (Å²) in [6.45, 7) is 3.34. The topological polar surface area (TPSA) is 62.6 Å². The summed E-state index contributed by atoms with van der Waals surface area (Å²) in [4.78, 5) is 13.5. The van der Waals surface area contributed by atoms with Crippen LogP contribution in [0.25, 0.3) is 0 Å². The van der Waals surface area contributed by atoms with Crippen molar-refractivity contribution in [3.63, 3.8) is 0 Å². The third-order valence-electron chi connectivity index (χ3n) is 2.63. The SMILES string of the molecule is CCOC(=O)CN(CCOC)c1ccc(C#N)c(Br)c1. The highest BCUT2D eigenvalue weighted by atomic mass is 79.9. The molecule has 0 amide bonds. The fraction of sp³-hybridized carbons (Fsp3) is 0.429. The highest BCUT2D eigenvalue weighted by Crippen LogP contribution is 2.23. The Labute approximate surface area is 127 Å². The first-order valence-electron chi connectivity index (χ1n) is 6.21. The van der Waals surface area contributed by atoms with E-state index < -0.39 is 0 Å². The fourth-order valence-corrected chi connectivity index (χ4v) is 2.11. The molecule has 0 aliphatic rings. The number of anilines is 1. The van der Waals surface area contributed by atoms with E-state index in [0.717, 1.165) is 5.69 Å². The summed E-state index contributed by atoms with van der Waals surface area (Å²) in [5.74, 6) is -0.288. The normalized spacial score (nSPS) is 9.90. The molecule has 0 aliphatic heterocycles. The van der Waals surface area contributed by atoms with Crippen molar-refractivity contribution in [1.82, 2.24) is 0 Å². The van der Waals surface area contributed by atoms with E-state index in [9.17, 15) is 4.79 Å². The number of rotatable bonds is 7. The molecule has 1 aromatic rings. The van der Waals surface area contributed by atoms with Crippen molar-refractivity contribution in [3.8, 4) is 6.07 Å². The van der Waals surface area contributed by atoms with Gasteiger partial charge < -0.3 is 14.4 Å². The largest absolute Gasteiger partial charge is 0.465 e. The van der Waals surface area contributed by atoms with Crippen LogP contribution in [0.1, 0.15) is 12.5 Å². The molecule has 0 saturated carbocycles. The van der Waals surface area contributed by atoms with Gasteiger partial charge in [-0.15, -0.1) is 0 Å². The van der Waals surface area contributed by atoms with E-state index in [0.29, 0.717) is 29.8 Å². The second-order valence-corrected chi connectivity index (χ2v) is 4.85. The van der Waals surface area contributed by atoms with Gasteiger partial charge in [-0.3, -0.25) is 4.79 Å². The number of halogens is 1. The number of hydrogen-bond acceptors (Lipinski definition) is 5. The summed E-state index contributed by atoms with van der Waals surface area (Å²) >= 11 is 3.34. The Morgan fingerprint density at radius 1 is 1.50 bits per heavy atom. The number of esters is 1. The Balaban J connectivity index is 2.89. The average Bonchev–Trinajstić information content (AvgIpc) is 2.43. The lowest BCUT2D eigenvalue weighted by Crippen LogP contribution is -2.33. The van der Waals surface area contributed by atoms with Crippen molar-refractivity contribution < 1.29 is 14.3 Å². The molecule has 0 bridgehead atoms. The molecular formula is C14H17BrN2O3. The lowest BCUT2D eigenvalue weighted by molar-refractivity contribution is -0.141. The maximum absolute atomic E-state index is 11.6. The van der Waals surface area contributed by atoms with Gasteiger partial charge in [0.05, 0.1) is 18.8 Å². The minimum absolute atomic E-state index is 0.148. The van der Waals surface area contributed by atoms with Crippen LogP contribution in [-0.4, -0.2) is 39.4 Å². The van der Waals surface area contributed by atoms with Gasteiger partial charge in [-0.2, -0.15) is 5.26 Å². The van der Waals surface area contributed by atoms with E-state index in [2.05, 4.69) is 22.0 Å². The number of carbonyl (C=O) groups is 1. The number of ether oxygens (including phenoxy) is 2. The molecule has 0 fully saturated rings. The molecule has 6 heteroatoms. The third-order valence-corrected chi connectivity index (χ3v) is 3.28. The molecule has 0 radical (unpaired) electrons. The van der Waals surface area contributed by atoms with Crippen LogP contribution in [-0.2, 0) is 14.3 Å². The van der Waals surface area contributed by atoms with Crippen LogP contribution < -0.4 is 4.90 Å². The molecule has 0 aliphatic carbocycles. The van der Waals surface area contributed by atoms with Gasteiger partial charge in [0.15, 0.2) is 0 Å². The molecule has 0 unspecified atom stereocenters. The zero-order valence-corrected chi connectivity index (χ0v) is 13.1. The Morgan fingerprint density at radius 2 is 2.25 bits per heavy atom. The number of benzene rings is 1. The first-order chi connectivity index (χ1) is 9.62. The van der Waals surface area contributed by atoms with E-state index in [1.807, 2.05) is 11.0 Å². The predicted molar refractivity (Wildman–Crippen MR) is 79.6 cm³/mol. The van der Waals surface area contributed by atoms with Gasteiger partial charge in [0.1, 0.15) is 12.6 Å². The van der Waals surface area contributed by atoms with Crippen molar-refractivity contribution in [2.24, 2.45) is 0 Å². The maximum atomic E-state index is 11.6. The van der Waals surface area contributed by atoms with E-state index in [4.69, 9.17) is 14.7 Å². The van der Waals surface area contributed by atoms with Crippen LogP contribution in [0.15, 0.2) is 22.7 Å². The highest BCUT2D eigenvalue weighted by Gasteiger charge is 2.13. The summed E-state index contributed by atoms with van der Waals surface area (Å²) < 4.78 is 10.7. The molecule has 0 heterocycles. The monoisotopic (exact) mass is 340 g/mol.